The summed E-state index contributed by atoms with van der Waals surface area (Å²) >= 11 is 0. The molecule has 2 aliphatic heterocycles. The second kappa shape index (κ2) is 8.19. The van der Waals surface area contributed by atoms with Crippen LogP contribution in [0.5, 0.6) is 5.75 Å². The lowest BCUT2D eigenvalue weighted by Crippen LogP contribution is -2.49. The van der Waals surface area contributed by atoms with Crippen molar-refractivity contribution in [2.75, 3.05) is 13.2 Å². The number of hydrogen-bond donors (Lipinski definition) is 0. The zero-order valence-electron chi connectivity index (χ0n) is 19.6. The lowest BCUT2D eigenvalue weighted by Gasteiger charge is -2.32. The molecule has 0 unspecified atom stereocenters. The maximum atomic E-state index is 16.1. The van der Waals surface area contributed by atoms with E-state index in [1.165, 1.54) is 0 Å². The number of halogens is 2. The first kappa shape index (κ1) is 23.7. The summed E-state index contributed by atoms with van der Waals surface area (Å²) in [5, 5.41) is 0.406. The third-order valence-electron chi connectivity index (χ3n) is 6.52. The maximum Gasteiger partial charge on any atom is 0.498 e. The van der Waals surface area contributed by atoms with Gasteiger partial charge in [-0.05, 0) is 39.7 Å². The fourth-order valence-corrected chi connectivity index (χ4v) is 5.69. The largest absolute Gasteiger partial charge is 0.498 e. The van der Waals surface area contributed by atoms with Crippen molar-refractivity contribution in [2.24, 2.45) is 0 Å². The van der Waals surface area contributed by atoms with Crippen molar-refractivity contribution in [3.63, 3.8) is 0 Å². The van der Waals surface area contributed by atoms with Gasteiger partial charge in [-0.1, -0.05) is 26.6 Å². The van der Waals surface area contributed by atoms with Crippen LogP contribution in [0.3, 0.4) is 0 Å². The summed E-state index contributed by atoms with van der Waals surface area (Å²) in [6, 6.07) is 0. The van der Waals surface area contributed by atoms with E-state index < -0.39 is 32.2 Å². The fourth-order valence-electron chi connectivity index (χ4n) is 4.03. The van der Waals surface area contributed by atoms with Gasteiger partial charge in [0.1, 0.15) is 11.9 Å². The zero-order chi connectivity index (χ0) is 22.5. The summed E-state index contributed by atoms with van der Waals surface area (Å²) in [5.74, 6) is -0.874. The molecule has 4 nitrogen and oxygen atoms in total. The SMILES string of the molecule is CCc1c(F)c([Si](C)(C)C)c(OC2CCOCC2)c(F)c1B1OC(C)(C)C(C)(C)O1. The number of benzene rings is 1. The van der Waals surface area contributed by atoms with E-state index in [9.17, 15) is 0 Å². The van der Waals surface area contributed by atoms with Crippen molar-refractivity contribution in [1.29, 1.82) is 0 Å². The summed E-state index contributed by atoms with van der Waals surface area (Å²) in [6.07, 6.45) is 1.47. The predicted molar refractivity (Wildman–Crippen MR) is 119 cm³/mol. The molecule has 30 heavy (non-hydrogen) atoms. The average molecular weight is 440 g/mol. The molecule has 1 aromatic rings. The van der Waals surface area contributed by atoms with E-state index in [1.54, 1.807) is 0 Å². The Balaban J connectivity index is 2.18. The maximum absolute atomic E-state index is 16.1. The number of ether oxygens (including phenoxy) is 2. The van der Waals surface area contributed by atoms with E-state index in [0.29, 0.717) is 43.2 Å². The van der Waals surface area contributed by atoms with Crippen molar-refractivity contribution in [1.82, 2.24) is 0 Å². The topological polar surface area (TPSA) is 36.9 Å². The molecule has 2 fully saturated rings. The second-order valence-electron chi connectivity index (χ2n) is 10.3. The molecule has 0 amide bonds. The standard InChI is InChI=1S/C22H35BF2O4Si/c1-9-15-16(23-28-21(2,3)22(4,5)29-23)18(25)19(20(17(15)24)30(6,7)8)27-14-10-12-26-13-11-14/h14H,9-13H2,1-8H3. The van der Waals surface area contributed by atoms with Gasteiger partial charge in [0, 0.05) is 23.5 Å². The summed E-state index contributed by atoms with van der Waals surface area (Å²) in [6.45, 7) is 16.6. The highest BCUT2D eigenvalue weighted by Gasteiger charge is 2.54. The Morgan fingerprint density at radius 1 is 1.00 bits per heavy atom. The quantitative estimate of drug-likeness (QED) is 0.651. The minimum atomic E-state index is -2.26. The van der Waals surface area contributed by atoms with Gasteiger partial charge in [0.05, 0.1) is 32.5 Å². The van der Waals surface area contributed by atoms with Gasteiger partial charge in [0.25, 0.3) is 0 Å². The van der Waals surface area contributed by atoms with E-state index in [0.717, 1.165) is 0 Å². The minimum absolute atomic E-state index is 0.0421. The molecule has 0 saturated carbocycles. The van der Waals surface area contributed by atoms with Crippen LogP contribution in [0, 0.1) is 11.6 Å². The summed E-state index contributed by atoms with van der Waals surface area (Å²) in [7, 11) is -3.24. The molecular weight excluding hydrogens is 405 g/mol. The van der Waals surface area contributed by atoms with E-state index in [4.69, 9.17) is 18.8 Å². The monoisotopic (exact) mass is 440 g/mol. The molecule has 0 aromatic heterocycles. The first-order valence-electron chi connectivity index (χ1n) is 10.9. The Bertz CT molecular complexity index is 786. The van der Waals surface area contributed by atoms with Gasteiger partial charge in [-0.2, -0.15) is 0 Å². The molecule has 0 atom stereocenters. The van der Waals surface area contributed by atoms with Gasteiger partial charge >= 0.3 is 7.12 Å². The van der Waals surface area contributed by atoms with Gasteiger partial charge in [-0.15, -0.1) is 0 Å². The molecule has 168 valence electrons. The Morgan fingerprint density at radius 2 is 1.53 bits per heavy atom. The summed E-state index contributed by atoms with van der Waals surface area (Å²) < 4.78 is 55.8. The first-order chi connectivity index (χ1) is 13.8. The van der Waals surface area contributed by atoms with Crippen molar-refractivity contribution in [2.45, 2.75) is 90.8 Å². The zero-order valence-corrected chi connectivity index (χ0v) is 20.6. The summed E-state index contributed by atoms with van der Waals surface area (Å²) in [4.78, 5) is 0. The molecule has 0 spiro atoms. The molecule has 2 aliphatic rings. The second-order valence-corrected chi connectivity index (χ2v) is 15.3. The van der Waals surface area contributed by atoms with Crippen LogP contribution in [0.1, 0.15) is 53.0 Å². The van der Waals surface area contributed by atoms with Crippen molar-refractivity contribution in [3.8, 4) is 5.75 Å². The Morgan fingerprint density at radius 3 is 2.00 bits per heavy atom. The molecule has 3 rings (SSSR count). The molecule has 2 heterocycles. The van der Waals surface area contributed by atoms with Crippen LogP contribution in [0.15, 0.2) is 0 Å². The van der Waals surface area contributed by atoms with Crippen molar-refractivity contribution < 1.29 is 27.6 Å². The molecular formula is C22H35BF2O4Si. The highest BCUT2D eigenvalue weighted by Crippen LogP contribution is 2.38. The van der Waals surface area contributed by atoms with Crippen LogP contribution >= 0.6 is 0 Å². The van der Waals surface area contributed by atoms with Crippen LogP contribution in [0.2, 0.25) is 19.6 Å². The third kappa shape index (κ3) is 4.20. The van der Waals surface area contributed by atoms with Crippen LogP contribution in [0.25, 0.3) is 0 Å². The molecule has 0 bridgehead atoms. The van der Waals surface area contributed by atoms with Gasteiger partial charge in [0.2, 0.25) is 0 Å². The lowest BCUT2D eigenvalue weighted by atomic mass is 9.74. The Labute approximate surface area is 180 Å². The molecule has 0 N–H and O–H groups in total. The van der Waals surface area contributed by atoms with E-state index in [-0.39, 0.29) is 23.1 Å². The van der Waals surface area contributed by atoms with Crippen LogP contribution in [-0.2, 0) is 20.5 Å². The molecule has 0 radical (unpaired) electrons. The average Bonchev–Trinajstić information content (AvgIpc) is 2.84. The predicted octanol–water partition coefficient (Wildman–Crippen LogP) is 3.93. The highest BCUT2D eigenvalue weighted by atomic mass is 28.3. The fraction of sp³-hybridized carbons (Fsp3) is 0.727. The third-order valence-corrected chi connectivity index (χ3v) is 8.46. The first-order valence-corrected chi connectivity index (χ1v) is 14.4. The van der Waals surface area contributed by atoms with Gasteiger partial charge in [-0.3, -0.25) is 0 Å². The molecule has 8 heteroatoms. The highest BCUT2D eigenvalue weighted by molar-refractivity contribution is 6.89. The Kier molecular flexibility index (Phi) is 6.47. The van der Waals surface area contributed by atoms with Gasteiger partial charge in [-0.25, -0.2) is 8.78 Å². The normalized spacial score (nSPS) is 21.9. The Hall–Kier alpha value is -0.958. The lowest BCUT2D eigenvalue weighted by molar-refractivity contribution is 0.00578. The van der Waals surface area contributed by atoms with Crippen LogP contribution in [-0.4, -0.2) is 45.7 Å². The van der Waals surface area contributed by atoms with E-state index in [1.807, 2.05) is 54.3 Å². The minimum Gasteiger partial charge on any atom is -0.487 e. The van der Waals surface area contributed by atoms with Crippen LogP contribution in [0.4, 0.5) is 8.78 Å². The smallest absolute Gasteiger partial charge is 0.487 e. The van der Waals surface area contributed by atoms with Crippen LogP contribution < -0.4 is 15.4 Å². The van der Waals surface area contributed by atoms with Gasteiger partial charge in [0.15, 0.2) is 11.6 Å². The van der Waals surface area contributed by atoms with E-state index >= 15 is 8.78 Å². The molecule has 2 saturated heterocycles. The van der Waals surface area contributed by atoms with Crippen molar-refractivity contribution in [3.05, 3.63) is 17.2 Å². The van der Waals surface area contributed by atoms with E-state index in [2.05, 4.69) is 0 Å². The molecule has 0 aliphatic carbocycles. The number of hydrogen-bond acceptors (Lipinski definition) is 4. The molecule has 1 aromatic carbocycles. The van der Waals surface area contributed by atoms with Crippen molar-refractivity contribution >= 4 is 25.8 Å². The summed E-state index contributed by atoms with van der Waals surface area (Å²) in [5.41, 5.74) is -0.837. The number of rotatable bonds is 5. The van der Waals surface area contributed by atoms with Gasteiger partial charge < -0.3 is 18.8 Å².